The van der Waals surface area contributed by atoms with Gasteiger partial charge in [-0.05, 0) is 56.8 Å². The number of ether oxygens (including phenoxy) is 2. The summed E-state index contributed by atoms with van der Waals surface area (Å²) >= 11 is 0. The van der Waals surface area contributed by atoms with E-state index in [1.54, 1.807) is 0 Å². The number of aliphatic hydroxyl groups is 1. The van der Waals surface area contributed by atoms with Crippen LogP contribution in [0.1, 0.15) is 57.8 Å². The number of hydrogen-bond acceptors (Lipinski definition) is 6. The Bertz CT molecular complexity index is 844. The van der Waals surface area contributed by atoms with Crippen molar-refractivity contribution in [3.63, 3.8) is 0 Å². The summed E-state index contributed by atoms with van der Waals surface area (Å²) in [7, 11) is -6.25. The first-order valence-corrected chi connectivity index (χ1v) is 12.0. The second-order valence-electron chi connectivity index (χ2n) is 9.57. The molecule has 0 amide bonds. The van der Waals surface area contributed by atoms with Gasteiger partial charge in [-0.2, -0.15) is 26.0 Å². The third kappa shape index (κ3) is 5.13. The number of unbranched alkanes of at least 4 members (excludes halogenated alkanes) is 1. The molecule has 0 radical (unpaired) electrons. The van der Waals surface area contributed by atoms with E-state index in [0.29, 0.717) is 31.1 Å². The zero-order chi connectivity index (χ0) is 24.0. The molecule has 4 aliphatic carbocycles. The Morgan fingerprint density at radius 3 is 2.22 bits per heavy atom. The number of rotatable bonds is 11. The minimum atomic E-state index is -6.25. The molecule has 0 aliphatic heterocycles. The van der Waals surface area contributed by atoms with Gasteiger partial charge in [0.2, 0.25) is 0 Å². The van der Waals surface area contributed by atoms with Gasteiger partial charge in [0, 0.05) is 19.4 Å². The first kappa shape index (κ1) is 25.4. The van der Waals surface area contributed by atoms with Crippen molar-refractivity contribution < 1.29 is 49.9 Å². The van der Waals surface area contributed by atoms with Gasteiger partial charge in [0.15, 0.2) is 0 Å². The van der Waals surface area contributed by atoms with Crippen LogP contribution in [-0.2, 0) is 24.4 Å². The predicted molar refractivity (Wildman–Crippen MR) is 104 cm³/mol. The molecule has 4 saturated carbocycles. The van der Waals surface area contributed by atoms with E-state index in [2.05, 4.69) is 6.58 Å². The van der Waals surface area contributed by atoms with E-state index >= 15 is 0 Å². The maximum Gasteiger partial charge on any atom is 0.431 e. The second kappa shape index (κ2) is 8.52. The van der Waals surface area contributed by atoms with Crippen molar-refractivity contribution in [3.8, 4) is 0 Å². The zero-order valence-corrected chi connectivity index (χ0v) is 18.3. The molecule has 4 fully saturated rings. The maximum absolute atomic E-state index is 13.4. The molecule has 0 aromatic rings. The molecule has 0 spiro atoms. The lowest BCUT2D eigenvalue weighted by atomic mass is 9.52. The van der Waals surface area contributed by atoms with Crippen LogP contribution in [0.3, 0.4) is 0 Å². The van der Waals surface area contributed by atoms with Crippen LogP contribution in [0.5, 0.6) is 0 Å². The summed E-state index contributed by atoms with van der Waals surface area (Å²) in [4.78, 5) is 12.4. The molecule has 2 atom stereocenters. The van der Waals surface area contributed by atoms with Crippen LogP contribution in [0, 0.1) is 11.8 Å². The number of hydrogen-bond donors (Lipinski definition) is 2. The van der Waals surface area contributed by atoms with Crippen LogP contribution < -0.4 is 0 Å². The average molecular weight is 488 g/mol. The number of carbonyl (C=O) groups excluding carboxylic acids is 1. The molecule has 7 nitrogen and oxygen atoms in total. The van der Waals surface area contributed by atoms with Crippen LogP contribution in [0.15, 0.2) is 12.2 Å². The smallest absolute Gasteiger partial charge is 0.431 e. The Kier molecular flexibility index (Phi) is 6.76. The molecule has 12 heteroatoms. The Morgan fingerprint density at radius 1 is 1.09 bits per heavy atom. The summed E-state index contributed by atoms with van der Waals surface area (Å²) in [6, 6.07) is 0. The Hall–Kier alpha value is -1.24. The summed E-state index contributed by atoms with van der Waals surface area (Å²) in [5, 5.41) is 5.13. The van der Waals surface area contributed by atoms with Crippen LogP contribution >= 0.6 is 0 Å². The SMILES string of the molecule is C=C(COCCCCC(F)(F)C(F)(F)S(=O)(=O)O)C(=O)OC12CC3CC(CC(O)(C3)C1)C2. The first-order valence-electron chi connectivity index (χ1n) is 10.5. The minimum Gasteiger partial charge on any atom is -0.456 e. The van der Waals surface area contributed by atoms with E-state index in [0.717, 1.165) is 19.3 Å². The quantitative estimate of drug-likeness (QED) is 0.151. The lowest BCUT2D eigenvalue weighted by Gasteiger charge is -2.59. The largest absolute Gasteiger partial charge is 0.456 e. The van der Waals surface area contributed by atoms with Crippen molar-refractivity contribution >= 4 is 16.1 Å². The molecule has 4 aliphatic rings. The molecule has 0 heterocycles. The Balaban J connectivity index is 1.38. The van der Waals surface area contributed by atoms with Gasteiger partial charge in [-0.1, -0.05) is 6.58 Å². The molecule has 4 rings (SSSR count). The van der Waals surface area contributed by atoms with Crippen LogP contribution in [0.2, 0.25) is 0 Å². The fraction of sp³-hybridized carbons (Fsp3) is 0.850. The van der Waals surface area contributed by atoms with Gasteiger partial charge in [0.1, 0.15) is 5.60 Å². The third-order valence-corrected chi connectivity index (χ3v) is 7.58. The van der Waals surface area contributed by atoms with E-state index in [4.69, 9.17) is 14.0 Å². The van der Waals surface area contributed by atoms with Gasteiger partial charge >= 0.3 is 27.3 Å². The molecule has 4 bridgehead atoms. The molecular formula is C20H28F4O7S. The van der Waals surface area contributed by atoms with Crippen molar-refractivity contribution in [1.82, 2.24) is 0 Å². The van der Waals surface area contributed by atoms with Crippen molar-refractivity contribution in [3.05, 3.63) is 12.2 Å². The van der Waals surface area contributed by atoms with E-state index in [-0.39, 0.29) is 25.2 Å². The van der Waals surface area contributed by atoms with E-state index in [1.807, 2.05) is 0 Å². The van der Waals surface area contributed by atoms with Crippen LogP contribution in [-0.4, -0.2) is 59.6 Å². The fourth-order valence-electron chi connectivity index (χ4n) is 5.66. The normalized spacial score (nSPS) is 32.2. The van der Waals surface area contributed by atoms with E-state index in [1.165, 1.54) is 0 Å². The molecule has 0 saturated heterocycles. The lowest BCUT2D eigenvalue weighted by molar-refractivity contribution is -0.217. The summed E-state index contributed by atoms with van der Waals surface area (Å²) in [5.41, 5.74) is -1.49. The summed E-state index contributed by atoms with van der Waals surface area (Å²) in [5.74, 6) is -4.94. The van der Waals surface area contributed by atoms with Crippen LogP contribution in [0.4, 0.5) is 17.6 Å². The topological polar surface area (TPSA) is 110 Å². The highest BCUT2D eigenvalue weighted by Gasteiger charge is 2.65. The first-order chi connectivity index (χ1) is 14.6. The van der Waals surface area contributed by atoms with Gasteiger partial charge in [-0.25, -0.2) is 4.79 Å². The van der Waals surface area contributed by atoms with E-state index < -0.39 is 51.3 Å². The van der Waals surface area contributed by atoms with Crippen LogP contribution in [0.25, 0.3) is 0 Å². The van der Waals surface area contributed by atoms with Crippen molar-refractivity contribution in [2.75, 3.05) is 13.2 Å². The summed E-state index contributed by atoms with van der Waals surface area (Å²) < 4.78 is 93.1. The third-order valence-electron chi connectivity index (χ3n) is 6.63. The van der Waals surface area contributed by atoms with Gasteiger partial charge in [0.25, 0.3) is 0 Å². The van der Waals surface area contributed by atoms with Gasteiger partial charge in [0.05, 0.1) is 17.8 Å². The second-order valence-corrected chi connectivity index (χ2v) is 11.0. The molecule has 184 valence electrons. The van der Waals surface area contributed by atoms with Gasteiger partial charge in [-0.3, -0.25) is 4.55 Å². The Morgan fingerprint density at radius 2 is 1.69 bits per heavy atom. The van der Waals surface area contributed by atoms with Crippen molar-refractivity contribution in [1.29, 1.82) is 0 Å². The monoisotopic (exact) mass is 488 g/mol. The fourth-order valence-corrected chi connectivity index (χ4v) is 6.14. The highest BCUT2D eigenvalue weighted by molar-refractivity contribution is 7.87. The highest BCUT2D eigenvalue weighted by atomic mass is 32.2. The highest BCUT2D eigenvalue weighted by Crippen LogP contribution is 2.59. The maximum atomic E-state index is 13.4. The molecule has 0 aromatic heterocycles. The predicted octanol–water partition coefficient (Wildman–Crippen LogP) is 3.47. The summed E-state index contributed by atoms with van der Waals surface area (Å²) in [6.45, 7) is 3.21. The summed E-state index contributed by atoms with van der Waals surface area (Å²) in [6.07, 6.45) is 2.20. The van der Waals surface area contributed by atoms with Crippen molar-refractivity contribution in [2.45, 2.75) is 80.2 Å². The number of halogens is 4. The molecular weight excluding hydrogens is 460 g/mol. The number of alkyl halides is 4. The minimum absolute atomic E-state index is 0.0102. The van der Waals surface area contributed by atoms with Crippen molar-refractivity contribution in [2.24, 2.45) is 11.8 Å². The number of carbonyl (C=O) groups is 1. The van der Waals surface area contributed by atoms with E-state index in [9.17, 15) is 35.9 Å². The zero-order valence-electron chi connectivity index (χ0n) is 17.5. The lowest BCUT2D eigenvalue weighted by Crippen LogP contribution is -2.60. The number of esters is 1. The molecule has 2 unspecified atom stereocenters. The van der Waals surface area contributed by atoms with Gasteiger partial charge < -0.3 is 14.6 Å². The molecule has 2 N–H and O–H groups in total. The Labute approximate surface area is 183 Å². The molecule has 0 aromatic carbocycles. The molecule has 32 heavy (non-hydrogen) atoms. The average Bonchev–Trinajstić information content (AvgIpc) is 2.60. The van der Waals surface area contributed by atoms with Gasteiger partial charge in [-0.15, -0.1) is 0 Å². The standard InChI is InChI=1S/C20H28F4O7S/c1-13(11-30-5-3-2-4-19(21,22)20(23,24)32(27,28)29)16(25)31-18-9-14-6-15(10-18)8-17(26,7-14)12-18/h14-15,26H,1-12H2,(H,27,28,29).